The smallest absolute Gasteiger partial charge is 0.308 e. The number of aromatic nitrogens is 3. The number of hydrogen-bond donors (Lipinski definition) is 1. The molecule has 3 aromatic rings. The average molecular weight is 585 g/mol. The van der Waals surface area contributed by atoms with Crippen molar-refractivity contribution in [2.75, 3.05) is 20.8 Å². The molecule has 2 fully saturated rings. The molecule has 1 unspecified atom stereocenters. The van der Waals surface area contributed by atoms with Gasteiger partial charge in [-0.1, -0.05) is 19.3 Å². The van der Waals surface area contributed by atoms with Gasteiger partial charge in [0.1, 0.15) is 11.9 Å². The van der Waals surface area contributed by atoms with E-state index in [2.05, 4.69) is 10.3 Å². The summed E-state index contributed by atoms with van der Waals surface area (Å²) in [6.45, 7) is 2.14. The molecule has 2 aliphatic carbocycles. The highest BCUT2D eigenvalue weighted by atomic mass is 19.2. The lowest BCUT2D eigenvalue weighted by Gasteiger charge is -2.34. The van der Waals surface area contributed by atoms with Crippen molar-refractivity contribution in [3.05, 3.63) is 35.9 Å². The summed E-state index contributed by atoms with van der Waals surface area (Å²) < 4.78 is 46.9. The number of imidazole rings is 1. The number of benzene rings is 1. The molecule has 0 radical (unpaired) electrons. The summed E-state index contributed by atoms with van der Waals surface area (Å²) >= 11 is 0. The molecule has 0 saturated heterocycles. The van der Waals surface area contributed by atoms with Crippen LogP contribution in [0, 0.1) is 23.5 Å². The normalized spacial score (nSPS) is 20.2. The number of fused-ring (bicyclic) bond motifs is 1. The Kier molecular flexibility index (Phi) is 9.23. The first-order valence-corrected chi connectivity index (χ1v) is 14.8. The standard InChI is InChI=1S/C31H38F2N4O5/c1-4-42-31(39)19-10-12-20(13-11-19)34-29(38)27(18-8-6-5-7-9-18)37-25-17-23(33)22(32)16-24(25)35-28(37)21-14-15-26(40-2)36-30(21)41-3/h14-20,27H,4-13H2,1-3H3,(H,34,38). The Balaban J connectivity index is 1.56. The predicted octanol–water partition coefficient (Wildman–Crippen LogP) is 5.75. The van der Waals surface area contributed by atoms with Crippen LogP contribution in [0.25, 0.3) is 22.4 Å². The number of methoxy groups -OCH3 is 2. The molecule has 11 heteroatoms. The molecule has 2 heterocycles. The highest BCUT2D eigenvalue weighted by molar-refractivity contribution is 5.88. The van der Waals surface area contributed by atoms with Crippen molar-refractivity contribution in [2.24, 2.45) is 11.8 Å². The number of nitrogens with zero attached hydrogens (tertiary/aromatic N) is 3. The van der Waals surface area contributed by atoms with Crippen molar-refractivity contribution in [2.45, 2.75) is 76.8 Å². The van der Waals surface area contributed by atoms with Gasteiger partial charge in [-0.25, -0.2) is 13.8 Å². The Morgan fingerprint density at radius 3 is 2.36 bits per heavy atom. The SMILES string of the molecule is CCOC(=O)C1CCC(NC(=O)C(C2CCCCC2)n2c(-c3ccc(OC)nc3OC)nc3cc(F)c(F)cc32)CC1. The molecule has 42 heavy (non-hydrogen) atoms. The number of carbonyl (C=O) groups is 2. The van der Waals surface area contributed by atoms with Crippen molar-refractivity contribution < 1.29 is 32.6 Å². The third-order valence-corrected chi connectivity index (χ3v) is 8.55. The van der Waals surface area contributed by atoms with Gasteiger partial charge < -0.3 is 24.1 Å². The minimum absolute atomic E-state index is 0.0453. The molecule has 2 saturated carbocycles. The highest BCUT2D eigenvalue weighted by Gasteiger charge is 2.37. The molecule has 5 rings (SSSR count). The molecule has 0 spiro atoms. The van der Waals surface area contributed by atoms with E-state index >= 15 is 0 Å². The second-order valence-electron chi connectivity index (χ2n) is 11.1. The van der Waals surface area contributed by atoms with Crippen molar-refractivity contribution in [1.29, 1.82) is 0 Å². The zero-order valence-electron chi connectivity index (χ0n) is 24.3. The van der Waals surface area contributed by atoms with Crippen LogP contribution < -0.4 is 14.8 Å². The van der Waals surface area contributed by atoms with E-state index in [1.807, 2.05) is 0 Å². The van der Waals surface area contributed by atoms with Crippen LogP contribution in [0.4, 0.5) is 8.78 Å². The summed E-state index contributed by atoms with van der Waals surface area (Å²) in [7, 11) is 2.96. The van der Waals surface area contributed by atoms with Gasteiger partial charge in [-0.15, -0.1) is 0 Å². The van der Waals surface area contributed by atoms with E-state index in [1.54, 1.807) is 23.6 Å². The maximum atomic E-state index is 14.7. The maximum Gasteiger partial charge on any atom is 0.308 e. The molecular weight excluding hydrogens is 546 g/mol. The number of amides is 1. The van der Waals surface area contributed by atoms with Crippen LogP contribution in [0.15, 0.2) is 24.3 Å². The fraction of sp³-hybridized carbons (Fsp3) is 0.548. The third kappa shape index (κ3) is 6.05. The van der Waals surface area contributed by atoms with E-state index in [4.69, 9.17) is 19.2 Å². The number of carbonyl (C=O) groups excluding carboxylic acids is 2. The highest BCUT2D eigenvalue weighted by Crippen LogP contribution is 2.41. The van der Waals surface area contributed by atoms with Crippen LogP contribution in [0.5, 0.6) is 11.8 Å². The van der Waals surface area contributed by atoms with Crippen LogP contribution >= 0.6 is 0 Å². The van der Waals surface area contributed by atoms with Gasteiger partial charge in [0.05, 0.1) is 43.3 Å². The van der Waals surface area contributed by atoms with Crippen LogP contribution in [0.1, 0.15) is 70.8 Å². The van der Waals surface area contributed by atoms with Crippen LogP contribution in [-0.2, 0) is 14.3 Å². The summed E-state index contributed by atoms with van der Waals surface area (Å²) in [6, 6.07) is 4.70. The molecule has 1 N–H and O–H groups in total. The Morgan fingerprint density at radius 2 is 1.69 bits per heavy atom. The molecule has 1 amide bonds. The Labute approximate surface area is 243 Å². The van der Waals surface area contributed by atoms with Crippen molar-refractivity contribution >= 4 is 22.9 Å². The quantitative estimate of drug-likeness (QED) is 0.319. The van der Waals surface area contributed by atoms with Gasteiger partial charge in [0.2, 0.25) is 17.7 Å². The lowest BCUT2D eigenvalue weighted by Crippen LogP contribution is -2.44. The van der Waals surface area contributed by atoms with E-state index in [-0.39, 0.29) is 41.2 Å². The predicted molar refractivity (Wildman–Crippen MR) is 152 cm³/mol. The van der Waals surface area contributed by atoms with Gasteiger partial charge in [0, 0.05) is 24.2 Å². The van der Waals surface area contributed by atoms with Crippen molar-refractivity contribution in [3.8, 4) is 23.1 Å². The van der Waals surface area contributed by atoms with E-state index in [9.17, 15) is 18.4 Å². The minimum atomic E-state index is -1.02. The minimum Gasteiger partial charge on any atom is -0.481 e. The van der Waals surface area contributed by atoms with Crippen molar-refractivity contribution in [1.82, 2.24) is 19.9 Å². The summed E-state index contributed by atoms with van der Waals surface area (Å²) in [5, 5.41) is 3.24. The van der Waals surface area contributed by atoms with Gasteiger partial charge in [-0.3, -0.25) is 9.59 Å². The lowest BCUT2D eigenvalue weighted by molar-refractivity contribution is -0.149. The zero-order chi connectivity index (χ0) is 29.8. The van der Waals surface area contributed by atoms with E-state index in [0.29, 0.717) is 55.1 Å². The summed E-state index contributed by atoms with van der Waals surface area (Å²) in [5.74, 6) is -1.76. The number of pyridine rings is 1. The molecule has 0 bridgehead atoms. The lowest BCUT2D eigenvalue weighted by atomic mass is 9.82. The largest absolute Gasteiger partial charge is 0.481 e. The van der Waals surface area contributed by atoms with Crippen LogP contribution in [-0.4, -0.2) is 53.3 Å². The number of rotatable bonds is 9. The van der Waals surface area contributed by atoms with Gasteiger partial charge in [0.15, 0.2) is 11.6 Å². The van der Waals surface area contributed by atoms with E-state index < -0.39 is 17.7 Å². The van der Waals surface area contributed by atoms with Gasteiger partial charge >= 0.3 is 5.97 Å². The fourth-order valence-corrected chi connectivity index (χ4v) is 6.44. The third-order valence-electron chi connectivity index (χ3n) is 8.55. The number of esters is 1. The fourth-order valence-electron chi connectivity index (χ4n) is 6.44. The average Bonchev–Trinajstić information content (AvgIpc) is 3.35. The van der Waals surface area contributed by atoms with Gasteiger partial charge in [-0.05, 0) is 57.4 Å². The first-order valence-electron chi connectivity index (χ1n) is 14.8. The second kappa shape index (κ2) is 13.0. The molecule has 9 nitrogen and oxygen atoms in total. The number of ether oxygens (including phenoxy) is 3. The van der Waals surface area contributed by atoms with E-state index in [0.717, 1.165) is 44.2 Å². The monoisotopic (exact) mass is 584 g/mol. The zero-order valence-corrected chi connectivity index (χ0v) is 24.3. The second-order valence-corrected chi connectivity index (χ2v) is 11.1. The van der Waals surface area contributed by atoms with Crippen molar-refractivity contribution in [3.63, 3.8) is 0 Å². The number of halogens is 2. The Morgan fingerprint density at radius 1 is 0.976 bits per heavy atom. The number of hydrogen-bond acceptors (Lipinski definition) is 7. The first kappa shape index (κ1) is 29.7. The van der Waals surface area contributed by atoms with Gasteiger partial charge in [0.25, 0.3) is 0 Å². The van der Waals surface area contributed by atoms with Crippen LogP contribution in [0.2, 0.25) is 0 Å². The molecule has 0 aliphatic heterocycles. The summed E-state index contributed by atoms with van der Waals surface area (Å²) in [5.41, 5.74) is 1.02. The van der Waals surface area contributed by atoms with Gasteiger partial charge in [-0.2, -0.15) is 4.98 Å². The molecule has 2 aliphatic rings. The first-order chi connectivity index (χ1) is 20.3. The van der Waals surface area contributed by atoms with E-state index in [1.165, 1.54) is 14.2 Å². The molecule has 1 aromatic carbocycles. The Bertz CT molecular complexity index is 1430. The number of nitrogens with one attached hydrogen (secondary N) is 1. The molecule has 1 atom stereocenters. The summed E-state index contributed by atoms with van der Waals surface area (Å²) in [4.78, 5) is 35.6. The van der Waals surface area contributed by atoms with Crippen LogP contribution in [0.3, 0.4) is 0 Å². The molecule has 2 aromatic heterocycles. The maximum absolute atomic E-state index is 14.7. The Hall–Kier alpha value is -3.76. The topological polar surface area (TPSA) is 105 Å². The molecular formula is C31H38F2N4O5. The molecule has 226 valence electrons. The summed E-state index contributed by atoms with van der Waals surface area (Å²) in [6.07, 6.45) is 7.22.